The number of piperazine rings is 1. The first-order chi connectivity index (χ1) is 9.75. The first kappa shape index (κ1) is 12.6. The van der Waals surface area contributed by atoms with Crippen molar-refractivity contribution in [3.05, 3.63) is 36.5 Å². The van der Waals surface area contributed by atoms with Gasteiger partial charge in [-0.25, -0.2) is 4.98 Å². The third-order valence-corrected chi connectivity index (χ3v) is 3.48. The molecule has 0 spiro atoms. The Morgan fingerprint density at radius 1 is 1.15 bits per heavy atom. The van der Waals surface area contributed by atoms with Crippen molar-refractivity contribution in [3.8, 4) is 0 Å². The van der Waals surface area contributed by atoms with E-state index < -0.39 is 0 Å². The zero-order chi connectivity index (χ0) is 13.9. The second-order valence-corrected chi connectivity index (χ2v) is 4.68. The molecule has 104 valence electrons. The molecule has 0 N–H and O–H groups in total. The molecule has 1 saturated heterocycles. The zero-order valence-electron chi connectivity index (χ0n) is 11.3. The van der Waals surface area contributed by atoms with Crippen molar-refractivity contribution in [1.29, 1.82) is 0 Å². The van der Waals surface area contributed by atoms with Crippen LogP contribution in [0.2, 0.25) is 0 Å². The molecule has 3 heterocycles. The molecule has 0 atom stereocenters. The normalized spacial score (nSPS) is 15.4. The highest BCUT2D eigenvalue weighted by Crippen LogP contribution is 2.13. The molecule has 1 aliphatic rings. The summed E-state index contributed by atoms with van der Waals surface area (Å²) in [4.78, 5) is 24.7. The lowest BCUT2D eigenvalue weighted by Gasteiger charge is -2.35. The maximum atomic E-state index is 12.3. The fraction of sp³-hybridized carbons (Fsp3) is 0.385. The summed E-state index contributed by atoms with van der Waals surface area (Å²) in [6.45, 7) is 2.89. The maximum absolute atomic E-state index is 12.3. The first-order valence-corrected chi connectivity index (χ1v) is 6.54. The number of aromatic nitrogens is 4. The zero-order valence-corrected chi connectivity index (χ0v) is 11.3. The average molecular weight is 272 g/mol. The van der Waals surface area contributed by atoms with Gasteiger partial charge in [-0.2, -0.15) is 5.10 Å². The SMILES string of the molecule is Cn1nccc1C(=O)N1CCN(c2cnccn2)CC1. The van der Waals surface area contributed by atoms with Crippen LogP contribution < -0.4 is 4.90 Å². The highest BCUT2D eigenvalue weighted by molar-refractivity contribution is 5.92. The number of anilines is 1. The Kier molecular flexibility index (Phi) is 3.32. The summed E-state index contributed by atoms with van der Waals surface area (Å²) in [5, 5.41) is 4.04. The van der Waals surface area contributed by atoms with Crippen molar-refractivity contribution in [1.82, 2.24) is 24.6 Å². The van der Waals surface area contributed by atoms with E-state index in [-0.39, 0.29) is 5.91 Å². The molecule has 20 heavy (non-hydrogen) atoms. The second kappa shape index (κ2) is 5.28. The monoisotopic (exact) mass is 272 g/mol. The van der Waals surface area contributed by atoms with E-state index in [1.165, 1.54) is 0 Å². The van der Waals surface area contributed by atoms with Gasteiger partial charge in [0.1, 0.15) is 11.5 Å². The van der Waals surface area contributed by atoms with Gasteiger partial charge >= 0.3 is 0 Å². The van der Waals surface area contributed by atoms with Gasteiger partial charge in [0.25, 0.3) is 5.91 Å². The Morgan fingerprint density at radius 2 is 1.95 bits per heavy atom. The van der Waals surface area contributed by atoms with Crippen LogP contribution in [0.4, 0.5) is 5.82 Å². The van der Waals surface area contributed by atoms with Crippen LogP contribution in [-0.4, -0.2) is 56.7 Å². The molecule has 0 saturated carbocycles. The standard InChI is InChI=1S/C13H16N6O/c1-17-11(2-3-16-17)13(20)19-8-6-18(7-9-19)12-10-14-4-5-15-12/h2-5,10H,6-9H2,1H3. The number of hydrogen-bond acceptors (Lipinski definition) is 5. The lowest BCUT2D eigenvalue weighted by Crippen LogP contribution is -2.49. The number of carbonyl (C=O) groups is 1. The van der Waals surface area contributed by atoms with Crippen LogP contribution in [0.1, 0.15) is 10.5 Å². The van der Waals surface area contributed by atoms with Crippen molar-refractivity contribution in [2.24, 2.45) is 7.05 Å². The average Bonchev–Trinajstić information content (AvgIpc) is 2.94. The summed E-state index contributed by atoms with van der Waals surface area (Å²) in [5.41, 5.74) is 0.623. The minimum Gasteiger partial charge on any atom is -0.352 e. The molecule has 7 nitrogen and oxygen atoms in total. The smallest absolute Gasteiger partial charge is 0.272 e. The topological polar surface area (TPSA) is 67.2 Å². The predicted molar refractivity (Wildman–Crippen MR) is 73.4 cm³/mol. The first-order valence-electron chi connectivity index (χ1n) is 6.54. The molecule has 0 radical (unpaired) electrons. The molecule has 1 fully saturated rings. The number of nitrogens with zero attached hydrogens (tertiary/aromatic N) is 6. The highest BCUT2D eigenvalue weighted by atomic mass is 16.2. The van der Waals surface area contributed by atoms with Crippen molar-refractivity contribution >= 4 is 11.7 Å². The third kappa shape index (κ3) is 2.34. The van der Waals surface area contributed by atoms with Crippen molar-refractivity contribution in [3.63, 3.8) is 0 Å². The van der Waals surface area contributed by atoms with E-state index in [0.717, 1.165) is 18.9 Å². The van der Waals surface area contributed by atoms with Gasteiger partial charge in [-0.3, -0.25) is 14.5 Å². The molecule has 0 aliphatic carbocycles. The van der Waals surface area contributed by atoms with Gasteiger partial charge in [-0.1, -0.05) is 0 Å². The molecule has 2 aromatic rings. The van der Waals surface area contributed by atoms with E-state index in [2.05, 4.69) is 20.0 Å². The quantitative estimate of drug-likeness (QED) is 0.780. The van der Waals surface area contributed by atoms with Crippen molar-refractivity contribution in [2.45, 2.75) is 0 Å². The fourth-order valence-corrected chi connectivity index (χ4v) is 2.34. The molecule has 7 heteroatoms. The molecule has 0 unspecified atom stereocenters. The molecule has 1 amide bonds. The maximum Gasteiger partial charge on any atom is 0.272 e. The van der Waals surface area contributed by atoms with E-state index >= 15 is 0 Å². The highest BCUT2D eigenvalue weighted by Gasteiger charge is 2.24. The Balaban J connectivity index is 1.64. The Hall–Kier alpha value is -2.44. The summed E-state index contributed by atoms with van der Waals surface area (Å²) < 4.78 is 1.61. The van der Waals surface area contributed by atoms with Crippen LogP contribution in [0.5, 0.6) is 0 Å². The van der Waals surface area contributed by atoms with Crippen LogP contribution in [0.3, 0.4) is 0 Å². The van der Waals surface area contributed by atoms with Crippen LogP contribution in [0, 0.1) is 0 Å². The van der Waals surface area contributed by atoms with Crippen molar-refractivity contribution < 1.29 is 4.79 Å². The summed E-state index contributed by atoms with van der Waals surface area (Å²) in [6.07, 6.45) is 6.73. The van der Waals surface area contributed by atoms with Gasteiger partial charge in [-0.05, 0) is 6.07 Å². The molecule has 0 aromatic carbocycles. The van der Waals surface area contributed by atoms with Gasteiger partial charge < -0.3 is 9.80 Å². The summed E-state index contributed by atoms with van der Waals surface area (Å²) >= 11 is 0. The minimum absolute atomic E-state index is 0.0313. The van der Waals surface area contributed by atoms with E-state index in [0.29, 0.717) is 18.8 Å². The molecular formula is C13H16N6O. The summed E-state index contributed by atoms with van der Waals surface area (Å²) in [6, 6.07) is 1.75. The van der Waals surface area contributed by atoms with Gasteiger partial charge in [-0.15, -0.1) is 0 Å². The van der Waals surface area contributed by atoms with Crippen LogP contribution in [-0.2, 0) is 7.05 Å². The predicted octanol–water partition coefficient (Wildman–Crippen LogP) is 0.172. The van der Waals surface area contributed by atoms with Crippen molar-refractivity contribution in [2.75, 3.05) is 31.1 Å². The number of rotatable bonds is 2. The van der Waals surface area contributed by atoms with Gasteiger partial charge in [0, 0.05) is 51.8 Å². The van der Waals surface area contributed by atoms with Crippen LogP contribution >= 0.6 is 0 Å². The van der Waals surface area contributed by atoms with Crippen LogP contribution in [0.25, 0.3) is 0 Å². The molecule has 3 rings (SSSR count). The van der Waals surface area contributed by atoms with Gasteiger partial charge in [0.2, 0.25) is 0 Å². The van der Waals surface area contributed by atoms with E-state index in [1.54, 1.807) is 42.6 Å². The lowest BCUT2D eigenvalue weighted by molar-refractivity contribution is 0.0735. The van der Waals surface area contributed by atoms with Crippen LogP contribution in [0.15, 0.2) is 30.9 Å². The summed E-state index contributed by atoms with van der Waals surface area (Å²) in [5.74, 6) is 0.893. The van der Waals surface area contributed by atoms with Gasteiger partial charge in [0.05, 0.1) is 6.20 Å². The Bertz CT molecular complexity index is 588. The molecule has 1 aliphatic heterocycles. The lowest BCUT2D eigenvalue weighted by atomic mass is 10.2. The number of amides is 1. The molecule has 0 bridgehead atoms. The Labute approximate surface area is 116 Å². The van der Waals surface area contributed by atoms with Gasteiger partial charge in [0.15, 0.2) is 0 Å². The third-order valence-electron chi connectivity index (χ3n) is 3.48. The Morgan fingerprint density at radius 3 is 2.55 bits per heavy atom. The molecule has 2 aromatic heterocycles. The number of hydrogen-bond donors (Lipinski definition) is 0. The molecular weight excluding hydrogens is 256 g/mol. The number of aryl methyl sites for hydroxylation is 1. The van der Waals surface area contributed by atoms with E-state index in [9.17, 15) is 4.79 Å². The minimum atomic E-state index is 0.0313. The van der Waals surface area contributed by atoms with E-state index in [1.807, 2.05) is 4.90 Å². The summed E-state index contributed by atoms with van der Waals surface area (Å²) in [7, 11) is 1.78. The second-order valence-electron chi connectivity index (χ2n) is 4.68. The largest absolute Gasteiger partial charge is 0.352 e. The van der Waals surface area contributed by atoms with E-state index in [4.69, 9.17) is 0 Å². The fourth-order valence-electron chi connectivity index (χ4n) is 2.34. The number of carbonyl (C=O) groups excluding carboxylic acids is 1.